The van der Waals surface area contributed by atoms with E-state index in [-0.39, 0.29) is 17.6 Å². The van der Waals surface area contributed by atoms with Gasteiger partial charge in [-0.05, 0) is 44.2 Å². The van der Waals surface area contributed by atoms with Gasteiger partial charge in [-0.1, -0.05) is 6.07 Å². The van der Waals surface area contributed by atoms with E-state index in [0.717, 1.165) is 18.9 Å². The average molecular weight is 340 g/mol. The quantitative estimate of drug-likeness (QED) is 0.834. The molecule has 1 unspecified atom stereocenters. The number of anilines is 1. The van der Waals surface area contributed by atoms with Crippen molar-refractivity contribution in [3.63, 3.8) is 0 Å². The maximum absolute atomic E-state index is 13.6. The van der Waals surface area contributed by atoms with Crippen LogP contribution in [-0.2, 0) is 9.53 Å². The van der Waals surface area contributed by atoms with Gasteiger partial charge in [-0.15, -0.1) is 0 Å². The number of likely N-dealkylation sites (tertiary alicyclic amines) is 1. The van der Waals surface area contributed by atoms with Gasteiger partial charge in [0.05, 0.1) is 12.3 Å². The number of esters is 1. The van der Waals surface area contributed by atoms with E-state index in [2.05, 4.69) is 5.32 Å². The summed E-state index contributed by atoms with van der Waals surface area (Å²) in [6, 6.07) is 3.20. The van der Waals surface area contributed by atoms with Crippen LogP contribution < -0.4 is 5.32 Å². The van der Waals surface area contributed by atoms with Gasteiger partial charge in [-0.25, -0.2) is 13.6 Å². The molecule has 1 aliphatic rings. The van der Waals surface area contributed by atoms with Crippen molar-refractivity contribution in [3.8, 4) is 0 Å². The molecule has 1 N–H and O–H groups in total. The second-order valence-electron chi connectivity index (χ2n) is 5.83. The number of nitrogens with one attached hydrogen (secondary N) is 1. The molecule has 1 aromatic carbocycles. The average Bonchev–Trinajstić information content (AvgIpc) is 2.57. The summed E-state index contributed by atoms with van der Waals surface area (Å²) in [4.78, 5) is 25.2. The zero-order chi connectivity index (χ0) is 17.5. The van der Waals surface area contributed by atoms with Crippen molar-refractivity contribution in [1.29, 1.82) is 0 Å². The SMILES string of the molecule is CCOC(=O)CCC1CCCN(C(=O)Nc2cccc(F)c2F)C1. The summed E-state index contributed by atoms with van der Waals surface area (Å²) in [5.74, 6) is -2.10. The molecule has 132 valence electrons. The number of carbonyl (C=O) groups excluding carboxylic acids is 2. The number of halogens is 2. The molecule has 0 bridgehead atoms. The van der Waals surface area contributed by atoms with Crippen LogP contribution in [0.3, 0.4) is 0 Å². The van der Waals surface area contributed by atoms with E-state index in [1.165, 1.54) is 12.1 Å². The third-order valence-corrected chi connectivity index (χ3v) is 4.06. The summed E-state index contributed by atoms with van der Waals surface area (Å²) >= 11 is 0. The standard InChI is InChI=1S/C17H22F2N2O3/c1-2-24-15(22)9-8-12-5-4-10-21(11-12)17(23)20-14-7-3-6-13(18)16(14)19/h3,6-7,12H,2,4-5,8-11H2,1H3,(H,20,23). The monoisotopic (exact) mass is 340 g/mol. The molecule has 24 heavy (non-hydrogen) atoms. The van der Waals surface area contributed by atoms with E-state index >= 15 is 0 Å². The molecule has 1 aliphatic heterocycles. The Morgan fingerprint density at radius 1 is 1.38 bits per heavy atom. The van der Waals surface area contributed by atoms with Gasteiger partial charge in [0.15, 0.2) is 11.6 Å². The van der Waals surface area contributed by atoms with E-state index in [1.54, 1.807) is 11.8 Å². The fourth-order valence-corrected chi connectivity index (χ4v) is 2.83. The van der Waals surface area contributed by atoms with Crippen LogP contribution in [0.5, 0.6) is 0 Å². The van der Waals surface area contributed by atoms with Crippen molar-refractivity contribution in [2.45, 2.75) is 32.6 Å². The Bertz CT molecular complexity index is 595. The van der Waals surface area contributed by atoms with Crippen LogP contribution in [0.4, 0.5) is 19.3 Å². The zero-order valence-electron chi connectivity index (χ0n) is 13.7. The van der Waals surface area contributed by atoms with Gasteiger partial charge < -0.3 is 15.0 Å². The molecule has 5 nitrogen and oxygen atoms in total. The molecule has 1 heterocycles. The number of ether oxygens (including phenoxy) is 1. The largest absolute Gasteiger partial charge is 0.466 e. The van der Waals surface area contributed by atoms with Crippen LogP contribution in [0.25, 0.3) is 0 Å². The van der Waals surface area contributed by atoms with E-state index in [4.69, 9.17) is 4.74 Å². The highest BCUT2D eigenvalue weighted by molar-refractivity contribution is 5.89. The molecule has 0 aliphatic carbocycles. The molecule has 0 saturated carbocycles. The Labute approximate surface area is 140 Å². The molecule has 1 fully saturated rings. The lowest BCUT2D eigenvalue weighted by Crippen LogP contribution is -2.42. The highest BCUT2D eigenvalue weighted by Crippen LogP contribution is 2.23. The predicted molar refractivity (Wildman–Crippen MR) is 85.5 cm³/mol. The number of rotatable bonds is 5. The van der Waals surface area contributed by atoms with Gasteiger partial charge in [0.2, 0.25) is 0 Å². The highest BCUT2D eigenvalue weighted by Gasteiger charge is 2.25. The Balaban J connectivity index is 1.88. The normalized spacial score (nSPS) is 17.5. The van der Waals surface area contributed by atoms with Gasteiger partial charge in [0.1, 0.15) is 0 Å². The summed E-state index contributed by atoms with van der Waals surface area (Å²) in [6.07, 6.45) is 2.72. The van der Waals surface area contributed by atoms with Crippen molar-refractivity contribution in [3.05, 3.63) is 29.8 Å². The van der Waals surface area contributed by atoms with E-state index in [1.807, 2.05) is 0 Å². The molecule has 2 amide bonds. The Kier molecular flexibility index (Phi) is 6.52. The number of benzene rings is 1. The molecule has 0 aromatic heterocycles. The Morgan fingerprint density at radius 2 is 2.17 bits per heavy atom. The molecular formula is C17H22F2N2O3. The minimum atomic E-state index is -1.07. The van der Waals surface area contributed by atoms with Gasteiger partial charge in [-0.2, -0.15) is 0 Å². The van der Waals surface area contributed by atoms with Gasteiger partial charge in [-0.3, -0.25) is 4.79 Å². The van der Waals surface area contributed by atoms with Crippen molar-refractivity contribution in [1.82, 2.24) is 4.90 Å². The van der Waals surface area contributed by atoms with Crippen molar-refractivity contribution >= 4 is 17.7 Å². The second-order valence-corrected chi connectivity index (χ2v) is 5.83. The van der Waals surface area contributed by atoms with Gasteiger partial charge in [0.25, 0.3) is 0 Å². The molecule has 1 saturated heterocycles. The maximum atomic E-state index is 13.6. The lowest BCUT2D eigenvalue weighted by atomic mass is 9.93. The molecule has 1 aromatic rings. The fraction of sp³-hybridized carbons (Fsp3) is 0.529. The first kappa shape index (κ1) is 18.2. The lowest BCUT2D eigenvalue weighted by molar-refractivity contribution is -0.143. The molecular weight excluding hydrogens is 318 g/mol. The van der Waals surface area contributed by atoms with Crippen LogP contribution in [0.2, 0.25) is 0 Å². The van der Waals surface area contributed by atoms with Gasteiger partial charge in [0, 0.05) is 19.5 Å². The van der Waals surface area contributed by atoms with Crippen molar-refractivity contribution in [2.75, 3.05) is 25.0 Å². The Morgan fingerprint density at radius 3 is 2.92 bits per heavy atom. The van der Waals surface area contributed by atoms with Crippen molar-refractivity contribution < 1.29 is 23.1 Å². The fourth-order valence-electron chi connectivity index (χ4n) is 2.83. The number of hydrogen-bond acceptors (Lipinski definition) is 3. The third-order valence-electron chi connectivity index (χ3n) is 4.06. The van der Waals surface area contributed by atoms with Crippen molar-refractivity contribution in [2.24, 2.45) is 5.92 Å². The maximum Gasteiger partial charge on any atom is 0.321 e. The Hall–Kier alpha value is -2.18. The first-order chi connectivity index (χ1) is 11.5. The smallest absolute Gasteiger partial charge is 0.321 e. The summed E-state index contributed by atoms with van der Waals surface area (Å²) in [6.45, 7) is 3.16. The van der Waals surface area contributed by atoms with Crippen LogP contribution in [0.15, 0.2) is 18.2 Å². The first-order valence-corrected chi connectivity index (χ1v) is 8.16. The number of nitrogens with zero attached hydrogens (tertiary/aromatic N) is 1. The molecule has 2 rings (SSSR count). The molecule has 1 atom stereocenters. The number of urea groups is 1. The lowest BCUT2D eigenvalue weighted by Gasteiger charge is -2.32. The highest BCUT2D eigenvalue weighted by atomic mass is 19.2. The first-order valence-electron chi connectivity index (χ1n) is 8.16. The van der Waals surface area contributed by atoms with Crippen LogP contribution >= 0.6 is 0 Å². The number of piperidine rings is 1. The zero-order valence-corrected chi connectivity index (χ0v) is 13.7. The molecule has 0 spiro atoms. The van der Waals surface area contributed by atoms with Crippen LogP contribution in [0.1, 0.15) is 32.6 Å². The van der Waals surface area contributed by atoms with Crippen LogP contribution in [0, 0.1) is 17.6 Å². The summed E-state index contributed by atoms with van der Waals surface area (Å²) in [5, 5.41) is 2.41. The van der Waals surface area contributed by atoms with E-state index in [0.29, 0.717) is 32.5 Å². The topological polar surface area (TPSA) is 58.6 Å². The minimum absolute atomic E-state index is 0.173. The third kappa shape index (κ3) is 4.91. The number of carbonyl (C=O) groups is 2. The second kappa shape index (κ2) is 8.61. The summed E-state index contributed by atoms with van der Waals surface area (Å²) in [5.41, 5.74) is -0.173. The minimum Gasteiger partial charge on any atom is -0.466 e. The predicted octanol–water partition coefficient (Wildman–Crippen LogP) is 3.55. The van der Waals surface area contributed by atoms with Gasteiger partial charge >= 0.3 is 12.0 Å². The summed E-state index contributed by atoms with van der Waals surface area (Å²) < 4.78 is 31.7. The number of amides is 2. The number of hydrogen-bond donors (Lipinski definition) is 1. The summed E-state index contributed by atoms with van der Waals surface area (Å²) in [7, 11) is 0. The van der Waals surface area contributed by atoms with E-state index in [9.17, 15) is 18.4 Å². The van der Waals surface area contributed by atoms with Crippen LogP contribution in [-0.4, -0.2) is 36.6 Å². The van der Waals surface area contributed by atoms with E-state index < -0.39 is 17.7 Å². The molecule has 7 heteroatoms. The molecule has 0 radical (unpaired) electrons.